The summed E-state index contributed by atoms with van der Waals surface area (Å²) in [6, 6.07) is 0.462. The van der Waals surface area contributed by atoms with Crippen LogP contribution in [-0.2, 0) is 18.4 Å². The summed E-state index contributed by atoms with van der Waals surface area (Å²) >= 11 is 0. The Morgan fingerprint density at radius 2 is 1.83 bits per heavy atom. The Morgan fingerprint density at radius 3 is 2.46 bits per heavy atom. The topological polar surface area (TPSA) is 54.3 Å². The number of aryl methyl sites for hydroxylation is 1. The van der Waals surface area contributed by atoms with E-state index in [0.29, 0.717) is 12.0 Å². The van der Waals surface area contributed by atoms with E-state index in [4.69, 9.17) is 0 Å². The molecule has 1 atom stereocenters. The lowest BCUT2D eigenvalue weighted by Crippen LogP contribution is -2.47. The molecule has 6 nitrogen and oxygen atoms in total. The van der Waals surface area contributed by atoms with Crippen molar-refractivity contribution in [3.05, 3.63) is 11.6 Å². The largest absolute Gasteiger partial charge is 0.340 e. The fraction of sp³-hybridized carbons (Fsp3) is 0.833. The van der Waals surface area contributed by atoms with Gasteiger partial charge in [-0.2, -0.15) is 0 Å². The summed E-state index contributed by atoms with van der Waals surface area (Å²) in [7, 11) is 2.04. The van der Waals surface area contributed by atoms with Gasteiger partial charge in [-0.25, -0.2) is 0 Å². The summed E-state index contributed by atoms with van der Waals surface area (Å²) in [5.41, 5.74) is 0. The Labute approximate surface area is 145 Å². The van der Waals surface area contributed by atoms with Crippen molar-refractivity contribution >= 4 is 5.91 Å². The van der Waals surface area contributed by atoms with Crippen molar-refractivity contribution in [3.8, 4) is 0 Å². The highest BCUT2D eigenvalue weighted by Crippen LogP contribution is 2.30. The van der Waals surface area contributed by atoms with Crippen LogP contribution in [0, 0.1) is 12.8 Å². The second-order valence-electron chi connectivity index (χ2n) is 7.47. The summed E-state index contributed by atoms with van der Waals surface area (Å²) < 4.78 is 2.08. The SMILES string of the molecule is CC(=O)N1CCCCCC1C1CCN(Cc2nnc(C)n2C)CC1. The van der Waals surface area contributed by atoms with Gasteiger partial charge < -0.3 is 9.47 Å². The smallest absolute Gasteiger partial charge is 0.219 e. The molecule has 2 aliphatic heterocycles. The van der Waals surface area contributed by atoms with E-state index < -0.39 is 0 Å². The first-order valence-electron chi connectivity index (χ1n) is 9.40. The molecule has 6 heteroatoms. The molecule has 1 aromatic heterocycles. The van der Waals surface area contributed by atoms with Crippen LogP contribution in [0.5, 0.6) is 0 Å². The van der Waals surface area contributed by atoms with Crippen molar-refractivity contribution in [1.29, 1.82) is 0 Å². The number of nitrogens with zero attached hydrogens (tertiary/aromatic N) is 5. The molecule has 0 bridgehead atoms. The maximum absolute atomic E-state index is 12.0. The molecule has 2 saturated heterocycles. The van der Waals surface area contributed by atoms with Crippen LogP contribution in [0.2, 0.25) is 0 Å². The maximum atomic E-state index is 12.0. The molecule has 1 unspecified atom stereocenters. The minimum absolute atomic E-state index is 0.263. The minimum atomic E-state index is 0.263. The molecule has 3 heterocycles. The fourth-order valence-electron chi connectivity index (χ4n) is 4.30. The van der Waals surface area contributed by atoms with Gasteiger partial charge in [-0.1, -0.05) is 12.8 Å². The average molecular weight is 333 g/mol. The van der Waals surface area contributed by atoms with E-state index >= 15 is 0 Å². The van der Waals surface area contributed by atoms with E-state index in [1.807, 2.05) is 14.0 Å². The molecule has 1 aromatic rings. The molecule has 2 fully saturated rings. The number of rotatable bonds is 3. The molecule has 0 spiro atoms. The minimum Gasteiger partial charge on any atom is -0.340 e. The second kappa shape index (κ2) is 7.64. The van der Waals surface area contributed by atoms with Crippen LogP contribution in [0.1, 0.15) is 57.1 Å². The molecule has 134 valence electrons. The van der Waals surface area contributed by atoms with Crippen LogP contribution in [0.4, 0.5) is 0 Å². The zero-order chi connectivity index (χ0) is 17.1. The van der Waals surface area contributed by atoms with Gasteiger partial charge in [-0.15, -0.1) is 10.2 Å². The molecule has 0 N–H and O–H groups in total. The maximum Gasteiger partial charge on any atom is 0.219 e. The Morgan fingerprint density at radius 1 is 1.08 bits per heavy atom. The van der Waals surface area contributed by atoms with Crippen LogP contribution < -0.4 is 0 Å². The first-order chi connectivity index (χ1) is 11.6. The van der Waals surface area contributed by atoms with Crippen molar-refractivity contribution in [3.63, 3.8) is 0 Å². The van der Waals surface area contributed by atoms with E-state index in [1.54, 1.807) is 6.92 Å². The summed E-state index contributed by atoms with van der Waals surface area (Å²) in [6.45, 7) is 7.76. The Hall–Kier alpha value is -1.43. The van der Waals surface area contributed by atoms with Gasteiger partial charge in [-0.3, -0.25) is 9.69 Å². The van der Waals surface area contributed by atoms with Crippen LogP contribution >= 0.6 is 0 Å². The van der Waals surface area contributed by atoms with Gasteiger partial charge >= 0.3 is 0 Å². The molecule has 0 aliphatic carbocycles. The zero-order valence-corrected chi connectivity index (χ0v) is 15.4. The van der Waals surface area contributed by atoms with Crippen molar-refractivity contribution in [2.75, 3.05) is 19.6 Å². The number of aromatic nitrogens is 3. The van der Waals surface area contributed by atoms with Crippen molar-refractivity contribution in [1.82, 2.24) is 24.6 Å². The van der Waals surface area contributed by atoms with E-state index in [1.165, 1.54) is 38.5 Å². The zero-order valence-electron chi connectivity index (χ0n) is 15.4. The Bertz CT molecular complexity index is 562. The van der Waals surface area contributed by atoms with Crippen LogP contribution in [-0.4, -0.2) is 56.1 Å². The molecular weight excluding hydrogens is 302 g/mol. The summed E-state index contributed by atoms with van der Waals surface area (Å²) in [5.74, 6) is 2.93. The number of amides is 1. The third-order valence-corrected chi connectivity index (χ3v) is 5.93. The summed E-state index contributed by atoms with van der Waals surface area (Å²) in [6.07, 6.45) is 7.27. The van der Waals surface area contributed by atoms with Crippen LogP contribution in [0.15, 0.2) is 0 Å². The highest BCUT2D eigenvalue weighted by molar-refractivity contribution is 5.73. The lowest BCUT2D eigenvalue weighted by molar-refractivity contribution is -0.132. The van der Waals surface area contributed by atoms with E-state index in [2.05, 4.69) is 24.6 Å². The van der Waals surface area contributed by atoms with Gasteiger partial charge in [0.25, 0.3) is 0 Å². The standard InChI is InChI=1S/C18H31N5O/c1-14-19-20-18(21(14)3)13-22-11-8-16(9-12-22)17-7-5-4-6-10-23(17)15(2)24/h16-17H,4-13H2,1-3H3. The van der Waals surface area contributed by atoms with Gasteiger partial charge in [0.05, 0.1) is 6.54 Å². The first-order valence-corrected chi connectivity index (χ1v) is 9.40. The third kappa shape index (κ3) is 3.79. The molecule has 3 rings (SSSR count). The molecule has 2 aliphatic rings. The van der Waals surface area contributed by atoms with Crippen LogP contribution in [0.3, 0.4) is 0 Å². The Balaban J connectivity index is 1.57. The number of likely N-dealkylation sites (tertiary alicyclic amines) is 2. The van der Waals surface area contributed by atoms with Gasteiger partial charge in [0.15, 0.2) is 0 Å². The fourth-order valence-corrected chi connectivity index (χ4v) is 4.30. The van der Waals surface area contributed by atoms with E-state index in [-0.39, 0.29) is 5.91 Å². The van der Waals surface area contributed by atoms with E-state index in [9.17, 15) is 4.79 Å². The second-order valence-corrected chi connectivity index (χ2v) is 7.47. The predicted octanol–water partition coefficient (Wildman–Crippen LogP) is 2.13. The quantitative estimate of drug-likeness (QED) is 0.850. The normalized spacial score (nSPS) is 24.1. The lowest BCUT2D eigenvalue weighted by atomic mass is 9.86. The summed E-state index contributed by atoms with van der Waals surface area (Å²) in [4.78, 5) is 16.7. The number of piperidine rings is 1. The number of carbonyl (C=O) groups is 1. The van der Waals surface area contributed by atoms with Crippen molar-refractivity contribution in [2.45, 2.75) is 65.0 Å². The van der Waals surface area contributed by atoms with Crippen LogP contribution in [0.25, 0.3) is 0 Å². The molecule has 0 saturated carbocycles. The van der Waals surface area contributed by atoms with Gasteiger partial charge in [-0.05, 0) is 51.6 Å². The third-order valence-electron chi connectivity index (χ3n) is 5.93. The highest BCUT2D eigenvalue weighted by Gasteiger charge is 2.32. The van der Waals surface area contributed by atoms with Gasteiger partial charge in [0, 0.05) is 26.6 Å². The molecule has 1 amide bonds. The monoisotopic (exact) mass is 333 g/mol. The molecule has 24 heavy (non-hydrogen) atoms. The van der Waals surface area contributed by atoms with Crippen molar-refractivity contribution < 1.29 is 4.79 Å². The van der Waals surface area contributed by atoms with Gasteiger partial charge in [0.1, 0.15) is 11.6 Å². The number of carbonyl (C=O) groups excluding carboxylic acids is 1. The first kappa shape index (κ1) is 17.4. The highest BCUT2D eigenvalue weighted by atomic mass is 16.2. The average Bonchev–Trinajstić information content (AvgIpc) is 2.80. The van der Waals surface area contributed by atoms with Gasteiger partial charge in [0.2, 0.25) is 5.91 Å². The lowest BCUT2D eigenvalue weighted by Gasteiger charge is -2.40. The molecule has 0 aromatic carbocycles. The molecular formula is C18H31N5O. The predicted molar refractivity (Wildman–Crippen MR) is 93.4 cm³/mol. The number of hydrogen-bond donors (Lipinski definition) is 0. The van der Waals surface area contributed by atoms with Crippen molar-refractivity contribution in [2.24, 2.45) is 13.0 Å². The van der Waals surface area contributed by atoms with E-state index in [0.717, 1.165) is 37.8 Å². The number of hydrogen-bond acceptors (Lipinski definition) is 4. The molecule has 0 radical (unpaired) electrons. The Kier molecular flexibility index (Phi) is 5.54. The summed E-state index contributed by atoms with van der Waals surface area (Å²) in [5, 5.41) is 8.44.